The molecule has 0 radical (unpaired) electrons. The molecule has 7 heteroatoms. The van der Waals surface area contributed by atoms with E-state index in [-0.39, 0.29) is 11.6 Å². The molecule has 0 aliphatic heterocycles. The van der Waals surface area contributed by atoms with Gasteiger partial charge in [-0.05, 0) is 20.8 Å². The van der Waals surface area contributed by atoms with Gasteiger partial charge in [0.25, 0.3) is 5.91 Å². The second-order valence-corrected chi connectivity index (χ2v) is 4.75. The first-order valence-electron chi connectivity index (χ1n) is 6.54. The van der Waals surface area contributed by atoms with Gasteiger partial charge >= 0.3 is 0 Å². The van der Waals surface area contributed by atoms with Gasteiger partial charge in [0.15, 0.2) is 5.69 Å². The Morgan fingerprint density at radius 3 is 2.60 bits per heavy atom. The number of nitrogens with zero attached hydrogens (tertiary/aromatic N) is 4. The van der Waals surface area contributed by atoms with Crippen molar-refractivity contribution in [3.05, 3.63) is 28.8 Å². The van der Waals surface area contributed by atoms with Gasteiger partial charge in [0, 0.05) is 37.6 Å². The van der Waals surface area contributed by atoms with E-state index in [2.05, 4.69) is 15.5 Å². The summed E-state index contributed by atoms with van der Waals surface area (Å²) >= 11 is 0. The third kappa shape index (κ3) is 2.52. The zero-order valence-corrected chi connectivity index (χ0v) is 12.3. The molecule has 0 aromatic carbocycles. The minimum absolute atomic E-state index is 0.255. The van der Waals surface area contributed by atoms with Crippen LogP contribution in [0.2, 0.25) is 0 Å². The molecule has 108 valence electrons. The predicted octanol–water partition coefficient (Wildman–Crippen LogP) is 0.766. The molecule has 0 bridgehead atoms. The van der Waals surface area contributed by atoms with Crippen molar-refractivity contribution in [2.45, 2.75) is 33.9 Å². The van der Waals surface area contributed by atoms with Crippen LogP contribution < -0.4 is 11.1 Å². The van der Waals surface area contributed by atoms with Crippen molar-refractivity contribution in [3.8, 4) is 0 Å². The van der Waals surface area contributed by atoms with Crippen LogP contribution in [-0.4, -0.2) is 25.5 Å². The molecule has 3 N–H and O–H groups in total. The third-order valence-corrected chi connectivity index (χ3v) is 3.33. The molecule has 2 heterocycles. The van der Waals surface area contributed by atoms with Crippen LogP contribution in [0.15, 0.2) is 6.20 Å². The van der Waals surface area contributed by atoms with Crippen LogP contribution in [0.4, 0.5) is 5.69 Å². The average Bonchev–Trinajstić information content (AvgIpc) is 2.87. The molecular weight excluding hydrogens is 256 g/mol. The third-order valence-electron chi connectivity index (χ3n) is 3.33. The highest BCUT2D eigenvalue weighted by molar-refractivity contribution is 5.96. The molecule has 0 aliphatic carbocycles. The molecular formula is C13H20N6O. The van der Waals surface area contributed by atoms with E-state index >= 15 is 0 Å². The van der Waals surface area contributed by atoms with Crippen molar-refractivity contribution < 1.29 is 4.79 Å². The molecule has 20 heavy (non-hydrogen) atoms. The van der Waals surface area contributed by atoms with Crippen LogP contribution in [-0.2, 0) is 20.1 Å². The Morgan fingerprint density at radius 2 is 2.10 bits per heavy atom. The summed E-state index contributed by atoms with van der Waals surface area (Å²) in [5, 5.41) is 11.3. The molecule has 2 aromatic heterocycles. The van der Waals surface area contributed by atoms with Gasteiger partial charge in [0.1, 0.15) is 0 Å². The minimum atomic E-state index is -0.272. The second kappa shape index (κ2) is 5.36. The molecule has 0 unspecified atom stereocenters. The molecule has 0 spiro atoms. The molecule has 0 aliphatic rings. The number of carbonyl (C=O) groups excluding carboxylic acids is 1. The maximum absolute atomic E-state index is 12.1. The summed E-state index contributed by atoms with van der Waals surface area (Å²) < 4.78 is 3.45. The number of nitrogen functional groups attached to an aromatic ring is 1. The van der Waals surface area contributed by atoms with E-state index in [1.54, 1.807) is 13.2 Å². The van der Waals surface area contributed by atoms with Gasteiger partial charge in [-0.25, -0.2) is 0 Å². The summed E-state index contributed by atoms with van der Waals surface area (Å²) in [4.78, 5) is 12.1. The zero-order valence-electron chi connectivity index (χ0n) is 12.3. The van der Waals surface area contributed by atoms with Crippen LogP contribution in [0.1, 0.15) is 34.4 Å². The maximum atomic E-state index is 12.1. The summed E-state index contributed by atoms with van der Waals surface area (Å²) in [5.74, 6) is -0.272. The number of carbonyl (C=O) groups is 1. The smallest absolute Gasteiger partial charge is 0.274 e. The van der Waals surface area contributed by atoms with Gasteiger partial charge in [-0.15, -0.1) is 0 Å². The number of amides is 1. The molecule has 7 nitrogen and oxygen atoms in total. The van der Waals surface area contributed by atoms with Gasteiger partial charge in [-0.1, -0.05) is 0 Å². The Kier molecular flexibility index (Phi) is 3.78. The molecule has 0 saturated carbocycles. The van der Waals surface area contributed by atoms with Crippen LogP contribution in [0, 0.1) is 13.8 Å². The summed E-state index contributed by atoms with van der Waals surface area (Å²) in [5.41, 5.74) is 9.40. The topological polar surface area (TPSA) is 90.8 Å². The highest BCUT2D eigenvalue weighted by Gasteiger charge is 2.16. The van der Waals surface area contributed by atoms with Crippen LogP contribution in [0.3, 0.4) is 0 Å². The molecule has 0 saturated heterocycles. The summed E-state index contributed by atoms with van der Waals surface area (Å²) in [6.07, 6.45) is 1.61. The van der Waals surface area contributed by atoms with Crippen molar-refractivity contribution >= 4 is 11.6 Å². The Bertz CT molecular complexity index is 640. The molecule has 1 amide bonds. The van der Waals surface area contributed by atoms with E-state index in [9.17, 15) is 4.79 Å². The van der Waals surface area contributed by atoms with Crippen LogP contribution in [0.25, 0.3) is 0 Å². The lowest BCUT2D eigenvalue weighted by Gasteiger charge is -2.05. The average molecular weight is 276 g/mol. The number of aryl methyl sites for hydroxylation is 3. The van der Waals surface area contributed by atoms with E-state index in [0.29, 0.717) is 12.2 Å². The minimum Gasteiger partial charge on any atom is -0.396 e. The van der Waals surface area contributed by atoms with E-state index in [0.717, 1.165) is 23.5 Å². The number of nitrogens with two attached hydrogens (primary N) is 1. The largest absolute Gasteiger partial charge is 0.396 e. The predicted molar refractivity (Wildman–Crippen MR) is 76.2 cm³/mol. The highest BCUT2D eigenvalue weighted by Crippen LogP contribution is 2.13. The normalized spacial score (nSPS) is 10.8. The second-order valence-electron chi connectivity index (χ2n) is 4.75. The molecule has 2 rings (SSSR count). The van der Waals surface area contributed by atoms with Crippen LogP contribution >= 0.6 is 0 Å². The monoisotopic (exact) mass is 276 g/mol. The van der Waals surface area contributed by atoms with E-state index in [1.807, 2.05) is 25.5 Å². The number of anilines is 1. The standard InChI is InChI=1S/C13H20N6O/c1-5-19-9(3)10(8(2)16-19)6-15-13(20)12-11(14)7-18(4)17-12/h7H,5-6,14H2,1-4H3,(H,15,20). The van der Waals surface area contributed by atoms with E-state index in [1.165, 1.54) is 4.68 Å². The first-order chi connectivity index (χ1) is 9.43. The van der Waals surface area contributed by atoms with Gasteiger partial charge in [0.2, 0.25) is 0 Å². The SMILES string of the molecule is CCn1nc(C)c(CNC(=O)c2nn(C)cc2N)c1C. The lowest BCUT2D eigenvalue weighted by molar-refractivity contribution is 0.0946. The Hall–Kier alpha value is -2.31. The fraction of sp³-hybridized carbons (Fsp3) is 0.462. The summed E-state index contributed by atoms with van der Waals surface area (Å²) in [6, 6.07) is 0. The Morgan fingerprint density at radius 1 is 1.40 bits per heavy atom. The molecule has 0 atom stereocenters. The zero-order chi connectivity index (χ0) is 14.9. The molecule has 0 fully saturated rings. The van der Waals surface area contributed by atoms with Crippen LogP contribution in [0.5, 0.6) is 0 Å². The lowest BCUT2D eigenvalue weighted by Crippen LogP contribution is -2.24. The summed E-state index contributed by atoms with van der Waals surface area (Å²) in [7, 11) is 1.73. The lowest BCUT2D eigenvalue weighted by atomic mass is 10.2. The van der Waals surface area contributed by atoms with Crippen molar-refractivity contribution in [1.29, 1.82) is 0 Å². The maximum Gasteiger partial charge on any atom is 0.274 e. The van der Waals surface area contributed by atoms with Gasteiger partial charge in [0.05, 0.1) is 11.4 Å². The van der Waals surface area contributed by atoms with Crippen molar-refractivity contribution in [2.75, 3.05) is 5.73 Å². The van der Waals surface area contributed by atoms with Gasteiger partial charge in [-0.3, -0.25) is 14.2 Å². The van der Waals surface area contributed by atoms with Gasteiger partial charge < -0.3 is 11.1 Å². The fourth-order valence-electron chi connectivity index (χ4n) is 2.23. The number of rotatable bonds is 4. The van der Waals surface area contributed by atoms with Crippen molar-refractivity contribution in [3.63, 3.8) is 0 Å². The van der Waals surface area contributed by atoms with Crippen molar-refractivity contribution in [1.82, 2.24) is 24.9 Å². The first-order valence-corrected chi connectivity index (χ1v) is 6.54. The van der Waals surface area contributed by atoms with Gasteiger partial charge in [-0.2, -0.15) is 10.2 Å². The van der Waals surface area contributed by atoms with E-state index < -0.39 is 0 Å². The first kappa shape index (κ1) is 14.1. The summed E-state index contributed by atoms with van der Waals surface area (Å²) in [6.45, 7) is 7.21. The number of aromatic nitrogens is 4. The Balaban J connectivity index is 2.11. The number of nitrogens with one attached hydrogen (secondary N) is 1. The van der Waals surface area contributed by atoms with Crippen molar-refractivity contribution in [2.24, 2.45) is 7.05 Å². The quantitative estimate of drug-likeness (QED) is 0.862. The number of hydrogen-bond donors (Lipinski definition) is 2. The van der Waals surface area contributed by atoms with E-state index in [4.69, 9.17) is 5.73 Å². The molecule has 2 aromatic rings. The highest BCUT2D eigenvalue weighted by atomic mass is 16.2. The Labute approximate surface area is 117 Å². The number of hydrogen-bond acceptors (Lipinski definition) is 4. The fourth-order valence-corrected chi connectivity index (χ4v) is 2.23.